The van der Waals surface area contributed by atoms with Crippen molar-refractivity contribution in [3.63, 3.8) is 0 Å². The van der Waals surface area contributed by atoms with Crippen molar-refractivity contribution in [1.82, 2.24) is 5.32 Å². The van der Waals surface area contributed by atoms with E-state index in [1.165, 1.54) is 0 Å². The van der Waals surface area contributed by atoms with E-state index < -0.39 is 0 Å². The van der Waals surface area contributed by atoms with Gasteiger partial charge in [0.1, 0.15) is 11.5 Å². The fourth-order valence-corrected chi connectivity index (χ4v) is 2.76. The molecule has 0 aliphatic heterocycles. The molecule has 0 radical (unpaired) electrons. The van der Waals surface area contributed by atoms with Crippen LogP contribution < -0.4 is 14.8 Å². The van der Waals surface area contributed by atoms with Crippen LogP contribution in [0, 0.1) is 0 Å². The van der Waals surface area contributed by atoms with E-state index in [0.717, 1.165) is 27.1 Å². The van der Waals surface area contributed by atoms with Gasteiger partial charge in [0.05, 0.1) is 25.3 Å². The van der Waals surface area contributed by atoms with E-state index in [0.29, 0.717) is 5.02 Å². The average molecular weight is 371 g/mol. The van der Waals surface area contributed by atoms with Crippen LogP contribution in [-0.2, 0) is 0 Å². The van der Waals surface area contributed by atoms with E-state index in [2.05, 4.69) is 21.2 Å². The van der Waals surface area contributed by atoms with Crippen LogP contribution in [0.15, 0.2) is 40.9 Å². The van der Waals surface area contributed by atoms with Crippen molar-refractivity contribution in [2.24, 2.45) is 0 Å². The number of hydrogen-bond acceptors (Lipinski definition) is 3. The van der Waals surface area contributed by atoms with Crippen LogP contribution in [0.25, 0.3) is 0 Å². The van der Waals surface area contributed by atoms with E-state index in [9.17, 15) is 0 Å². The van der Waals surface area contributed by atoms with Crippen LogP contribution in [0.1, 0.15) is 17.2 Å². The number of hydrogen-bond donors (Lipinski definition) is 1. The van der Waals surface area contributed by atoms with Crippen LogP contribution in [0.2, 0.25) is 5.02 Å². The summed E-state index contributed by atoms with van der Waals surface area (Å²) in [4.78, 5) is 0. The predicted molar refractivity (Wildman–Crippen MR) is 89.6 cm³/mol. The van der Waals surface area contributed by atoms with Crippen molar-refractivity contribution >= 4 is 27.5 Å². The fraction of sp³-hybridized carbons (Fsp3) is 0.250. The lowest BCUT2D eigenvalue weighted by Crippen LogP contribution is -2.18. The molecule has 0 saturated carbocycles. The molecule has 0 saturated heterocycles. The zero-order valence-corrected chi connectivity index (χ0v) is 14.5. The number of nitrogens with one attached hydrogen (secondary N) is 1. The summed E-state index contributed by atoms with van der Waals surface area (Å²) in [6, 6.07) is 11.7. The van der Waals surface area contributed by atoms with Crippen molar-refractivity contribution in [1.29, 1.82) is 0 Å². The Morgan fingerprint density at radius 1 is 1.10 bits per heavy atom. The normalized spacial score (nSPS) is 12.0. The zero-order valence-electron chi connectivity index (χ0n) is 12.1. The number of halogens is 2. The molecular weight excluding hydrogens is 354 g/mol. The molecule has 112 valence electrons. The van der Waals surface area contributed by atoms with Crippen molar-refractivity contribution in [3.05, 3.63) is 57.0 Å². The highest BCUT2D eigenvalue weighted by molar-refractivity contribution is 9.10. The Morgan fingerprint density at radius 3 is 2.43 bits per heavy atom. The van der Waals surface area contributed by atoms with E-state index in [-0.39, 0.29) is 6.04 Å². The molecule has 1 N–H and O–H groups in total. The number of benzene rings is 2. The van der Waals surface area contributed by atoms with Crippen molar-refractivity contribution in [2.75, 3.05) is 21.3 Å². The maximum Gasteiger partial charge on any atom is 0.127 e. The molecular formula is C16H17BrClNO2. The van der Waals surface area contributed by atoms with Crippen LogP contribution in [-0.4, -0.2) is 21.3 Å². The Balaban J connectivity index is 2.47. The molecule has 0 spiro atoms. The summed E-state index contributed by atoms with van der Waals surface area (Å²) in [6.45, 7) is 0. The molecule has 0 aliphatic carbocycles. The highest BCUT2D eigenvalue weighted by Gasteiger charge is 2.18. The Kier molecular flexibility index (Phi) is 5.51. The van der Waals surface area contributed by atoms with Crippen LogP contribution >= 0.6 is 27.5 Å². The molecule has 0 aliphatic rings. The van der Waals surface area contributed by atoms with Crippen molar-refractivity contribution in [3.8, 4) is 11.5 Å². The van der Waals surface area contributed by atoms with Gasteiger partial charge in [0.25, 0.3) is 0 Å². The van der Waals surface area contributed by atoms with Gasteiger partial charge in [0, 0.05) is 16.1 Å². The summed E-state index contributed by atoms with van der Waals surface area (Å²) < 4.78 is 11.6. The molecule has 21 heavy (non-hydrogen) atoms. The minimum absolute atomic E-state index is 0.000534. The monoisotopic (exact) mass is 369 g/mol. The second-order valence-corrected chi connectivity index (χ2v) is 5.76. The second kappa shape index (κ2) is 7.16. The first-order valence-corrected chi connectivity index (χ1v) is 7.62. The maximum absolute atomic E-state index is 6.06. The summed E-state index contributed by atoms with van der Waals surface area (Å²) >= 11 is 9.53. The molecule has 1 atom stereocenters. The summed E-state index contributed by atoms with van der Waals surface area (Å²) in [5.41, 5.74) is 2.13. The largest absolute Gasteiger partial charge is 0.497 e. The van der Waals surface area contributed by atoms with Gasteiger partial charge in [-0.05, 0) is 52.8 Å². The third kappa shape index (κ3) is 3.51. The minimum atomic E-state index is -0.000534. The summed E-state index contributed by atoms with van der Waals surface area (Å²) in [5, 5.41) is 4.00. The third-order valence-corrected chi connectivity index (χ3v) is 4.53. The fourth-order valence-electron chi connectivity index (χ4n) is 2.25. The number of ether oxygens (including phenoxy) is 2. The Hall–Kier alpha value is -1.23. The molecule has 1 unspecified atom stereocenters. The first-order valence-electron chi connectivity index (χ1n) is 6.44. The van der Waals surface area contributed by atoms with Crippen LogP contribution in [0.4, 0.5) is 0 Å². The molecule has 2 aromatic rings. The van der Waals surface area contributed by atoms with E-state index in [1.54, 1.807) is 14.2 Å². The topological polar surface area (TPSA) is 30.5 Å². The summed E-state index contributed by atoms with van der Waals surface area (Å²) in [5.74, 6) is 1.54. The maximum atomic E-state index is 6.06. The first kappa shape index (κ1) is 16.1. The van der Waals surface area contributed by atoms with Gasteiger partial charge in [-0.2, -0.15) is 0 Å². The smallest absolute Gasteiger partial charge is 0.127 e. The van der Waals surface area contributed by atoms with Gasteiger partial charge < -0.3 is 14.8 Å². The van der Waals surface area contributed by atoms with Crippen LogP contribution in [0.3, 0.4) is 0 Å². The first-order chi connectivity index (χ1) is 10.1. The quantitative estimate of drug-likeness (QED) is 0.844. The average Bonchev–Trinajstić information content (AvgIpc) is 2.51. The van der Waals surface area contributed by atoms with Crippen molar-refractivity contribution < 1.29 is 9.47 Å². The minimum Gasteiger partial charge on any atom is -0.497 e. The predicted octanol–water partition coefficient (Wildman–Crippen LogP) is 4.43. The molecule has 2 aromatic carbocycles. The molecule has 0 amide bonds. The molecule has 2 rings (SSSR count). The zero-order chi connectivity index (χ0) is 15.4. The number of methoxy groups -OCH3 is 2. The lowest BCUT2D eigenvalue weighted by molar-refractivity contribution is 0.388. The SMILES string of the molecule is CNC(c1ccc(Cl)c(Br)c1)c1ccc(OC)cc1OC. The van der Waals surface area contributed by atoms with Gasteiger partial charge in [0.15, 0.2) is 0 Å². The standard InChI is InChI=1S/C16H17BrClNO2/c1-19-16(10-4-7-14(18)13(17)8-10)12-6-5-11(20-2)9-15(12)21-3/h4-9,16,19H,1-3H3. The Morgan fingerprint density at radius 2 is 1.86 bits per heavy atom. The lowest BCUT2D eigenvalue weighted by Gasteiger charge is -2.21. The Labute approximate surface area is 138 Å². The van der Waals surface area contributed by atoms with E-state index in [1.807, 2.05) is 43.4 Å². The molecule has 0 bridgehead atoms. The Bertz CT molecular complexity index is 634. The van der Waals surface area contributed by atoms with Gasteiger partial charge in [-0.1, -0.05) is 17.7 Å². The molecule has 0 fully saturated rings. The highest BCUT2D eigenvalue weighted by atomic mass is 79.9. The molecule has 3 nitrogen and oxygen atoms in total. The van der Waals surface area contributed by atoms with Crippen molar-refractivity contribution in [2.45, 2.75) is 6.04 Å². The molecule has 0 heterocycles. The van der Waals surface area contributed by atoms with Gasteiger partial charge in [-0.3, -0.25) is 0 Å². The summed E-state index contributed by atoms with van der Waals surface area (Å²) in [6.07, 6.45) is 0. The van der Waals surface area contributed by atoms with E-state index in [4.69, 9.17) is 21.1 Å². The van der Waals surface area contributed by atoms with Gasteiger partial charge >= 0.3 is 0 Å². The highest BCUT2D eigenvalue weighted by Crippen LogP contribution is 2.35. The second-order valence-electron chi connectivity index (χ2n) is 4.50. The van der Waals surface area contributed by atoms with E-state index >= 15 is 0 Å². The summed E-state index contributed by atoms with van der Waals surface area (Å²) in [7, 11) is 5.21. The van der Waals surface area contributed by atoms with Gasteiger partial charge in [-0.15, -0.1) is 0 Å². The number of rotatable bonds is 5. The molecule has 0 aromatic heterocycles. The molecule has 5 heteroatoms. The lowest BCUT2D eigenvalue weighted by atomic mass is 9.98. The van der Waals surface area contributed by atoms with Gasteiger partial charge in [-0.25, -0.2) is 0 Å². The van der Waals surface area contributed by atoms with Gasteiger partial charge in [0.2, 0.25) is 0 Å². The van der Waals surface area contributed by atoms with Crippen LogP contribution in [0.5, 0.6) is 11.5 Å². The third-order valence-electron chi connectivity index (χ3n) is 3.32.